The lowest BCUT2D eigenvalue weighted by Gasteiger charge is -2.17. The quantitative estimate of drug-likeness (QED) is 0.813. The van der Waals surface area contributed by atoms with Crippen LogP contribution in [-0.4, -0.2) is 33.3 Å². The lowest BCUT2D eigenvalue weighted by molar-refractivity contribution is -0.123. The zero-order chi connectivity index (χ0) is 16.5. The molecule has 5 nitrogen and oxygen atoms in total. The molecule has 122 valence electrons. The van der Waals surface area contributed by atoms with E-state index in [1.807, 2.05) is 54.6 Å². The molecule has 0 fully saturated rings. The Morgan fingerprint density at radius 3 is 2.48 bits per heavy atom. The molecule has 0 heterocycles. The van der Waals surface area contributed by atoms with Crippen molar-refractivity contribution in [2.45, 2.75) is 6.10 Å². The molecule has 0 aromatic heterocycles. The average molecular weight is 315 g/mol. The molecule has 2 aromatic rings. The second kappa shape index (κ2) is 8.80. The normalized spacial score (nSPS) is 11.6. The van der Waals surface area contributed by atoms with Crippen LogP contribution in [0.5, 0.6) is 11.5 Å². The Balaban J connectivity index is 1.83. The second-order valence-electron chi connectivity index (χ2n) is 4.91. The topological polar surface area (TPSA) is 56.8 Å². The van der Waals surface area contributed by atoms with Gasteiger partial charge in [-0.05, 0) is 29.8 Å². The first kappa shape index (κ1) is 16.8. The molecule has 1 N–H and O–H groups in total. The van der Waals surface area contributed by atoms with E-state index in [1.54, 1.807) is 14.2 Å². The van der Waals surface area contributed by atoms with Crippen molar-refractivity contribution in [3.63, 3.8) is 0 Å². The van der Waals surface area contributed by atoms with Crippen LogP contribution in [0.3, 0.4) is 0 Å². The fourth-order valence-electron chi connectivity index (χ4n) is 2.10. The van der Waals surface area contributed by atoms with Gasteiger partial charge in [0.1, 0.15) is 11.5 Å². The first-order valence-corrected chi connectivity index (χ1v) is 7.34. The zero-order valence-electron chi connectivity index (χ0n) is 13.3. The Hall–Kier alpha value is -2.53. The number of carbonyl (C=O) groups excluding carboxylic acids is 1. The Bertz CT molecular complexity index is 615. The van der Waals surface area contributed by atoms with E-state index in [9.17, 15) is 4.79 Å². The number of benzene rings is 2. The van der Waals surface area contributed by atoms with Crippen LogP contribution in [0, 0.1) is 0 Å². The molecule has 0 aliphatic carbocycles. The summed E-state index contributed by atoms with van der Waals surface area (Å²) >= 11 is 0. The maximum atomic E-state index is 11.9. The molecule has 0 aliphatic rings. The predicted octanol–water partition coefficient (Wildman–Crippen LogP) is 2.58. The third-order valence-corrected chi connectivity index (χ3v) is 3.35. The van der Waals surface area contributed by atoms with Crippen molar-refractivity contribution in [1.82, 2.24) is 5.32 Å². The van der Waals surface area contributed by atoms with Crippen LogP contribution in [0.2, 0.25) is 0 Å². The third-order valence-electron chi connectivity index (χ3n) is 3.35. The van der Waals surface area contributed by atoms with Gasteiger partial charge in [0.05, 0.1) is 13.2 Å². The lowest BCUT2D eigenvalue weighted by Crippen LogP contribution is -2.33. The van der Waals surface area contributed by atoms with Crippen LogP contribution in [-0.2, 0) is 9.53 Å². The number of rotatable bonds is 8. The Labute approximate surface area is 136 Å². The predicted molar refractivity (Wildman–Crippen MR) is 87.7 cm³/mol. The van der Waals surface area contributed by atoms with Gasteiger partial charge in [-0.2, -0.15) is 0 Å². The fourth-order valence-corrected chi connectivity index (χ4v) is 2.10. The van der Waals surface area contributed by atoms with Crippen LogP contribution in [0.15, 0.2) is 54.6 Å². The molecule has 0 saturated heterocycles. The largest absolute Gasteiger partial charge is 0.497 e. The molecule has 0 radical (unpaired) electrons. The van der Waals surface area contributed by atoms with Crippen LogP contribution in [0.4, 0.5) is 0 Å². The van der Waals surface area contributed by atoms with Crippen molar-refractivity contribution < 1.29 is 19.0 Å². The van der Waals surface area contributed by atoms with Crippen molar-refractivity contribution in [1.29, 1.82) is 0 Å². The number of methoxy groups -OCH3 is 2. The SMILES string of the molecule is COc1cccc(C(CNC(=O)COc2ccccc2)OC)c1. The number of carbonyl (C=O) groups is 1. The number of hydrogen-bond acceptors (Lipinski definition) is 4. The lowest BCUT2D eigenvalue weighted by atomic mass is 10.1. The number of hydrogen-bond donors (Lipinski definition) is 1. The number of para-hydroxylation sites is 1. The van der Waals surface area contributed by atoms with Gasteiger partial charge in [0, 0.05) is 13.7 Å². The Kier molecular flexibility index (Phi) is 6.44. The highest BCUT2D eigenvalue weighted by Crippen LogP contribution is 2.20. The summed E-state index contributed by atoms with van der Waals surface area (Å²) in [6, 6.07) is 16.8. The minimum Gasteiger partial charge on any atom is -0.497 e. The van der Waals surface area contributed by atoms with Gasteiger partial charge in [0.25, 0.3) is 5.91 Å². The third kappa shape index (κ3) is 5.30. The van der Waals surface area contributed by atoms with E-state index in [0.29, 0.717) is 12.3 Å². The summed E-state index contributed by atoms with van der Waals surface area (Å²) in [5.41, 5.74) is 0.941. The molecule has 2 aromatic carbocycles. The molecular formula is C18H21NO4. The van der Waals surface area contributed by atoms with Gasteiger partial charge in [-0.1, -0.05) is 30.3 Å². The molecule has 1 atom stereocenters. The second-order valence-corrected chi connectivity index (χ2v) is 4.91. The summed E-state index contributed by atoms with van der Waals surface area (Å²) in [5.74, 6) is 1.22. The number of ether oxygens (including phenoxy) is 3. The number of amides is 1. The first-order chi connectivity index (χ1) is 11.2. The van der Waals surface area contributed by atoms with Crippen LogP contribution in [0.1, 0.15) is 11.7 Å². The van der Waals surface area contributed by atoms with E-state index in [1.165, 1.54) is 0 Å². The summed E-state index contributed by atoms with van der Waals surface area (Å²) in [5, 5.41) is 2.81. The van der Waals surface area contributed by atoms with E-state index in [-0.39, 0.29) is 18.6 Å². The van der Waals surface area contributed by atoms with Gasteiger partial charge in [0.2, 0.25) is 0 Å². The monoisotopic (exact) mass is 315 g/mol. The van der Waals surface area contributed by atoms with E-state index in [0.717, 1.165) is 11.3 Å². The van der Waals surface area contributed by atoms with Gasteiger partial charge in [-0.15, -0.1) is 0 Å². The molecule has 1 unspecified atom stereocenters. The maximum Gasteiger partial charge on any atom is 0.258 e. The molecule has 0 saturated carbocycles. The molecule has 0 aliphatic heterocycles. The van der Waals surface area contributed by atoms with Crippen molar-refractivity contribution >= 4 is 5.91 Å². The molecule has 1 amide bonds. The van der Waals surface area contributed by atoms with Crippen molar-refractivity contribution in [3.05, 3.63) is 60.2 Å². The molecular weight excluding hydrogens is 294 g/mol. The van der Waals surface area contributed by atoms with Crippen molar-refractivity contribution in [2.24, 2.45) is 0 Å². The van der Waals surface area contributed by atoms with Gasteiger partial charge in [-0.25, -0.2) is 0 Å². The van der Waals surface area contributed by atoms with E-state index < -0.39 is 0 Å². The van der Waals surface area contributed by atoms with Gasteiger partial charge >= 0.3 is 0 Å². The fraction of sp³-hybridized carbons (Fsp3) is 0.278. The van der Waals surface area contributed by atoms with Gasteiger partial charge in [0.15, 0.2) is 6.61 Å². The maximum absolute atomic E-state index is 11.9. The molecule has 2 rings (SSSR count). The minimum atomic E-state index is -0.245. The summed E-state index contributed by atoms with van der Waals surface area (Å²) in [6.45, 7) is 0.333. The smallest absolute Gasteiger partial charge is 0.258 e. The Morgan fingerprint density at radius 1 is 1.04 bits per heavy atom. The highest BCUT2D eigenvalue weighted by molar-refractivity contribution is 5.77. The summed E-state index contributed by atoms with van der Waals surface area (Å²) < 4.78 is 16.0. The van der Waals surface area contributed by atoms with Crippen LogP contribution < -0.4 is 14.8 Å². The standard InChI is InChI=1S/C18H21NO4/c1-21-16-10-6-7-14(11-16)17(22-2)12-19-18(20)13-23-15-8-4-3-5-9-15/h3-11,17H,12-13H2,1-2H3,(H,19,20). The highest BCUT2D eigenvalue weighted by atomic mass is 16.5. The van der Waals surface area contributed by atoms with E-state index >= 15 is 0 Å². The van der Waals surface area contributed by atoms with E-state index in [4.69, 9.17) is 14.2 Å². The summed E-state index contributed by atoms with van der Waals surface area (Å²) in [7, 11) is 3.22. The molecule has 0 bridgehead atoms. The molecule has 5 heteroatoms. The van der Waals surface area contributed by atoms with E-state index in [2.05, 4.69) is 5.32 Å². The first-order valence-electron chi connectivity index (χ1n) is 7.34. The summed E-state index contributed by atoms with van der Waals surface area (Å²) in [4.78, 5) is 11.9. The minimum absolute atomic E-state index is 0.0292. The molecule has 23 heavy (non-hydrogen) atoms. The Morgan fingerprint density at radius 2 is 1.78 bits per heavy atom. The van der Waals surface area contributed by atoms with Gasteiger partial charge < -0.3 is 19.5 Å². The van der Waals surface area contributed by atoms with Crippen molar-refractivity contribution in [3.8, 4) is 11.5 Å². The highest BCUT2D eigenvalue weighted by Gasteiger charge is 2.13. The zero-order valence-corrected chi connectivity index (χ0v) is 13.3. The summed E-state index contributed by atoms with van der Waals surface area (Å²) in [6.07, 6.45) is -0.245. The molecule has 0 spiro atoms. The van der Waals surface area contributed by atoms with Crippen molar-refractivity contribution in [2.75, 3.05) is 27.4 Å². The van der Waals surface area contributed by atoms with Crippen LogP contribution in [0.25, 0.3) is 0 Å². The van der Waals surface area contributed by atoms with Gasteiger partial charge in [-0.3, -0.25) is 4.79 Å². The van der Waals surface area contributed by atoms with Crippen LogP contribution >= 0.6 is 0 Å². The average Bonchev–Trinajstić information content (AvgIpc) is 2.61. The number of nitrogens with one attached hydrogen (secondary N) is 1.